The molecule has 0 aliphatic heterocycles. The summed E-state index contributed by atoms with van der Waals surface area (Å²) >= 11 is 0. The molecule has 3 N–H and O–H groups in total. The second-order valence-electron chi connectivity index (χ2n) is 10.2. The maximum absolute atomic E-state index is 11.3. The fourth-order valence-electron chi connectivity index (χ4n) is 7.97. The van der Waals surface area contributed by atoms with E-state index in [0.29, 0.717) is 23.2 Å². The fraction of sp³-hybridized carbons (Fsp3) is 1.00. The van der Waals surface area contributed by atoms with Gasteiger partial charge in [-0.1, -0.05) is 13.8 Å². The van der Waals surface area contributed by atoms with Gasteiger partial charge in [-0.15, -0.1) is 0 Å². The monoisotopic (exact) mass is 336 g/mol. The third-order valence-corrected chi connectivity index (χ3v) is 9.54. The Hall–Kier alpha value is -0.120. The largest absolute Gasteiger partial charge is 0.393 e. The van der Waals surface area contributed by atoms with Gasteiger partial charge < -0.3 is 15.3 Å². The van der Waals surface area contributed by atoms with E-state index in [1.165, 1.54) is 25.7 Å². The summed E-state index contributed by atoms with van der Waals surface area (Å²) in [5, 5.41) is 31.7. The molecule has 3 heteroatoms. The Labute approximate surface area is 146 Å². The zero-order valence-corrected chi connectivity index (χ0v) is 15.7. The molecule has 0 heterocycles. The second kappa shape index (κ2) is 5.44. The lowest BCUT2D eigenvalue weighted by Gasteiger charge is -2.61. The molecule has 4 rings (SSSR count). The van der Waals surface area contributed by atoms with Gasteiger partial charge in [-0.2, -0.15) is 0 Å². The van der Waals surface area contributed by atoms with E-state index < -0.39 is 11.7 Å². The first-order valence-electron chi connectivity index (χ1n) is 10.3. The lowest BCUT2D eigenvalue weighted by Crippen LogP contribution is -2.59. The first kappa shape index (κ1) is 17.3. The van der Waals surface area contributed by atoms with Crippen LogP contribution in [0.1, 0.15) is 78.6 Å². The maximum atomic E-state index is 11.3. The van der Waals surface area contributed by atoms with Crippen LogP contribution in [0.5, 0.6) is 0 Å². The number of rotatable bonds is 1. The predicted octanol–water partition coefficient (Wildman–Crippen LogP) is 3.50. The Morgan fingerprint density at radius 1 is 0.917 bits per heavy atom. The highest BCUT2D eigenvalue weighted by Crippen LogP contribution is 2.68. The summed E-state index contributed by atoms with van der Waals surface area (Å²) in [6.07, 6.45) is 8.99. The zero-order chi connectivity index (χ0) is 17.3. The molecule has 0 spiro atoms. The van der Waals surface area contributed by atoms with Crippen LogP contribution in [0.15, 0.2) is 0 Å². The summed E-state index contributed by atoms with van der Waals surface area (Å²) < 4.78 is 0. The molecule has 0 aromatic heterocycles. The predicted molar refractivity (Wildman–Crippen MR) is 94.4 cm³/mol. The smallest absolute Gasteiger partial charge is 0.0958 e. The van der Waals surface area contributed by atoms with Gasteiger partial charge in [-0.05, 0) is 93.8 Å². The molecule has 138 valence electrons. The summed E-state index contributed by atoms with van der Waals surface area (Å²) in [5.74, 6) is 2.69. The van der Waals surface area contributed by atoms with Crippen LogP contribution < -0.4 is 0 Å². The highest BCUT2D eigenvalue weighted by atomic mass is 16.3. The van der Waals surface area contributed by atoms with Gasteiger partial charge in [0.2, 0.25) is 0 Å². The molecular weight excluding hydrogens is 300 g/mol. The molecule has 0 aromatic rings. The topological polar surface area (TPSA) is 60.7 Å². The van der Waals surface area contributed by atoms with Crippen LogP contribution in [0.25, 0.3) is 0 Å². The Morgan fingerprint density at radius 2 is 1.62 bits per heavy atom. The van der Waals surface area contributed by atoms with Crippen LogP contribution in [-0.2, 0) is 0 Å². The SMILES string of the molecule is C[C@@H](O)[C@]1(O)CC[C@H]2[C@@H]3CC[C@@H]4C[C@@H](O)CC[C@]4(C)[C@H]3CC[C@@]21C. The van der Waals surface area contributed by atoms with Crippen molar-refractivity contribution in [2.75, 3.05) is 0 Å². The fourth-order valence-corrected chi connectivity index (χ4v) is 7.97. The van der Waals surface area contributed by atoms with Crippen molar-refractivity contribution in [1.29, 1.82) is 0 Å². The van der Waals surface area contributed by atoms with E-state index in [0.717, 1.165) is 38.0 Å². The Balaban J connectivity index is 1.63. The molecule has 4 aliphatic rings. The van der Waals surface area contributed by atoms with Crippen LogP contribution in [0.4, 0.5) is 0 Å². The molecule has 24 heavy (non-hydrogen) atoms. The maximum Gasteiger partial charge on any atom is 0.0958 e. The number of hydrogen-bond acceptors (Lipinski definition) is 3. The Kier molecular flexibility index (Phi) is 3.92. The van der Waals surface area contributed by atoms with Gasteiger partial charge in [0.25, 0.3) is 0 Å². The summed E-state index contributed by atoms with van der Waals surface area (Å²) in [6.45, 7) is 6.53. The number of fused-ring (bicyclic) bond motifs is 5. The summed E-state index contributed by atoms with van der Waals surface area (Å²) in [5.41, 5.74) is -0.641. The van der Waals surface area contributed by atoms with Crippen molar-refractivity contribution in [3.63, 3.8) is 0 Å². The van der Waals surface area contributed by atoms with E-state index >= 15 is 0 Å². The van der Waals surface area contributed by atoms with Crippen molar-refractivity contribution in [2.45, 2.75) is 96.4 Å². The van der Waals surface area contributed by atoms with Crippen molar-refractivity contribution >= 4 is 0 Å². The van der Waals surface area contributed by atoms with Gasteiger partial charge in [0.05, 0.1) is 17.8 Å². The van der Waals surface area contributed by atoms with Crippen LogP contribution in [0.3, 0.4) is 0 Å². The molecule has 0 aromatic carbocycles. The van der Waals surface area contributed by atoms with Gasteiger partial charge >= 0.3 is 0 Å². The average Bonchev–Trinajstić information content (AvgIpc) is 2.81. The van der Waals surface area contributed by atoms with Crippen LogP contribution in [0, 0.1) is 34.5 Å². The number of hydrogen-bond donors (Lipinski definition) is 3. The van der Waals surface area contributed by atoms with Crippen LogP contribution in [0.2, 0.25) is 0 Å². The molecule has 4 saturated carbocycles. The minimum absolute atomic E-state index is 0.0831. The van der Waals surface area contributed by atoms with Crippen molar-refractivity contribution in [1.82, 2.24) is 0 Å². The highest BCUT2D eigenvalue weighted by molar-refractivity contribution is 5.15. The van der Waals surface area contributed by atoms with Gasteiger partial charge in [0.15, 0.2) is 0 Å². The Morgan fingerprint density at radius 3 is 2.33 bits per heavy atom. The van der Waals surface area contributed by atoms with E-state index in [1.807, 2.05) is 0 Å². The highest BCUT2D eigenvalue weighted by Gasteiger charge is 2.65. The molecule has 0 saturated heterocycles. The molecular formula is C21H36O3. The van der Waals surface area contributed by atoms with E-state index in [4.69, 9.17) is 0 Å². The van der Waals surface area contributed by atoms with Gasteiger partial charge in [0, 0.05) is 5.41 Å². The van der Waals surface area contributed by atoms with Crippen molar-refractivity contribution in [3.8, 4) is 0 Å². The number of aliphatic hydroxyl groups excluding tert-OH is 2. The van der Waals surface area contributed by atoms with Crippen molar-refractivity contribution < 1.29 is 15.3 Å². The van der Waals surface area contributed by atoms with Gasteiger partial charge in [-0.3, -0.25) is 0 Å². The van der Waals surface area contributed by atoms with E-state index in [-0.39, 0.29) is 11.5 Å². The minimum Gasteiger partial charge on any atom is -0.393 e. The van der Waals surface area contributed by atoms with Crippen LogP contribution in [-0.4, -0.2) is 33.1 Å². The molecule has 9 atom stereocenters. The molecule has 0 bridgehead atoms. The van der Waals surface area contributed by atoms with Crippen molar-refractivity contribution in [3.05, 3.63) is 0 Å². The first-order chi connectivity index (χ1) is 11.2. The molecule has 4 aliphatic carbocycles. The second-order valence-corrected chi connectivity index (χ2v) is 10.2. The number of aliphatic hydroxyl groups is 3. The summed E-state index contributed by atoms with van der Waals surface area (Å²) in [4.78, 5) is 0. The molecule has 4 fully saturated rings. The van der Waals surface area contributed by atoms with E-state index in [9.17, 15) is 15.3 Å². The lowest BCUT2D eigenvalue weighted by atomic mass is 9.44. The third kappa shape index (κ3) is 2.07. The molecule has 0 radical (unpaired) electrons. The standard InChI is InChI=1S/C21H36O3/c1-13(22)21(24)11-8-18-16-5-4-14-12-15(23)6-9-19(14,2)17(16)7-10-20(18,21)3/h13-18,22-24H,4-12H2,1-3H3/t13-,14-,15+,16-,17+,18+,19+,20+,21-/m1/s1. The first-order valence-corrected chi connectivity index (χ1v) is 10.3. The van der Waals surface area contributed by atoms with Crippen LogP contribution >= 0.6 is 0 Å². The quantitative estimate of drug-likeness (QED) is 0.687. The molecule has 3 nitrogen and oxygen atoms in total. The average molecular weight is 337 g/mol. The van der Waals surface area contributed by atoms with Crippen molar-refractivity contribution in [2.24, 2.45) is 34.5 Å². The van der Waals surface area contributed by atoms with Gasteiger partial charge in [0.1, 0.15) is 0 Å². The van der Waals surface area contributed by atoms with Gasteiger partial charge in [-0.25, -0.2) is 0 Å². The summed E-state index contributed by atoms with van der Waals surface area (Å²) in [7, 11) is 0. The molecule has 0 unspecified atom stereocenters. The summed E-state index contributed by atoms with van der Waals surface area (Å²) in [6, 6.07) is 0. The normalized spacial score (nSPS) is 58.5. The third-order valence-electron chi connectivity index (χ3n) is 9.54. The Bertz CT molecular complexity index is 505. The van der Waals surface area contributed by atoms with E-state index in [2.05, 4.69) is 13.8 Å². The zero-order valence-electron chi connectivity index (χ0n) is 15.7. The lowest BCUT2D eigenvalue weighted by molar-refractivity contribution is -0.186. The minimum atomic E-state index is -0.900. The van der Waals surface area contributed by atoms with E-state index in [1.54, 1.807) is 6.92 Å². The molecule has 0 amide bonds.